The minimum Gasteiger partial charge on any atom is -0.485 e. The average molecular weight is 310 g/mol. The Balaban J connectivity index is 1.61. The Hall–Kier alpha value is -2.82. The first-order valence-corrected chi connectivity index (χ1v) is 7.42. The highest BCUT2D eigenvalue weighted by molar-refractivity contribution is 5.85. The van der Waals surface area contributed by atoms with Crippen molar-refractivity contribution in [1.29, 1.82) is 0 Å². The van der Waals surface area contributed by atoms with Crippen molar-refractivity contribution in [1.82, 2.24) is 5.43 Å². The molecule has 0 radical (unpaired) electrons. The van der Waals surface area contributed by atoms with Crippen LogP contribution in [-0.2, 0) is 4.79 Å². The first-order chi connectivity index (χ1) is 11.1. The van der Waals surface area contributed by atoms with E-state index >= 15 is 0 Å². The van der Waals surface area contributed by atoms with Crippen LogP contribution < -0.4 is 14.9 Å². The van der Waals surface area contributed by atoms with Gasteiger partial charge in [0, 0.05) is 0 Å². The Morgan fingerprint density at radius 3 is 2.78 bits per heavy atom. The molecule has 2 aromatic rings. The van der Waals surface area contributed by atoms with Crippen LogP contribution in [0.4, 0.5) is 0 Å². The topological polar surface area (TPSA) is 59.9 Å². The van der Waals surface area contributed by atoms with Gasteiger partial charge < -0.3 is 9.47 Å². The summed E-state index contributed by atoms with van der Waals surface area (Å²) in [5.74, 6) is 0.883. The lowest BCUT2D eigenvalue weighted by Gasteiger charge is -2.24. The quantitative estimate of drug-likeness (QED) is 0.700. The molecular weight excluding hydrogens is 292 g/mol. The molecule has 0 aliphatic carbocycles. The Bertz CT molecular complexity index is 756. The van der Waals surface area contributed by atoms with Crippen molar-refractivity contribution in [2.75, 3.05) is 6.61 Å². The number of hydrazone groups is 1. The molecular formula is C18H18N2O3. The zero-order chi connectivity index (χ0) is 16.2. The summed E-state index contributed by atoms with van der Waals surface area (Å²) in [5.41, 5.74) is 5.75. The van der Waals surface area contributed by atoms with Gasteiger partial charge in [0.15, 0.2) is 11.5 Å². The zero-order valence-electron chi connectivity index (χ0n) is 13.1. The monoisotopic (exact) mass is 310 g/mol. The molecule has 0 bridgehead atoms. The SMILES string of the molecule is Cc1ccc(C=NNC(=O)C2COc3ccccc3O2)c(C)c1. The summed E-state index contributed by atoms with van der Waals surface area (Å²) in [6, 6.07) is 13.3. The minimum absolute atomic E-state index is 0.169. The molecule has 5 nitrogen and oxygen atoms in total. The van der Waals surface area contributed by atoms with E-state index in [0.717, 1.165) is 11.1 Å². The van der Waals surface area contributed by atoms with E-state index in [9.17, 15) is 4.79 Å². The highest BCUT2D eigenvalue weighted by atomic mass is 16.6. The van der Waals surface area contributed by atoms with Crippen LogP contribution in [0.3, 0.4) is 0 Å². The van der Waals surface area contributed by atoms with E-state index in [1.54, 1.807) is 12.3 Å². The zero-order valence-corrected chi connectivity index (χ0v) is 13.1. The van der Waals surface area contributed by atoms with E-state index in [4.69, 9.17) is 9.47 Å². The number of nitrogens with zero attached hydrogens (tertiary/aromatic N) is 1. The smallest absolute Gasteiger partial charge is 0.284 e. The maximum Gasteiger partial charge on any atom is 0.284 e. The second-order valence-corrected chi connectivity index (χ2v) is 5.46. The molecule has 1 aliphatic rings. The summed E-state index contributed by atoms with van der Waals surface area (Å²) in [6.07, 6.45) is 0.922. The molecule has 1 atom stereocenters. The number of fused-ring (bicyclic) bond motifs is 1. The third-order valence-electron chi connectivity index (χ3n) is 3.60. The van der Waals surface area contributed by atoms with Crippen LogP contribution >= 0.6 is 0 Å². The normalized spacial score (nSPS) is 16.3. The lowest BCUT2D eigenvalue weighted by atomic mass is 10.1. The van der Waals surface area contributed by atoms with Crippen molar-refractivity contribution < 1.29 is 14.3 Å². The van der Waals surface area contributed by atoms with Crippen molar-refractivity contribution in [3.8, 4) is 11.5 Å². The average Bonchev–Trinajstić information content (AvgIpc) is 2.56. The van der Waals surface area contributed by atoms with Crippen LogP contribution in [0.2, 0.25) is 0 Å². The molecule has 0 spiro atoms. The Morgan fingerprint density at radius 2 is 2.00 bits per heavy atom. The highest BCUT2D eigenvalue weighted by Crippen LogP contribution is 2.30. The van der Waals surface area contributed by atoms with Crippen molar-refractivity contribution in [3.63, 3.8) is 0 Å². The molecule has 1 aliphatic heterocycles. The molecule has 1 unspecified atom stereocenters. The maximum absolute atomic E-state index is 12.1. The fourth-order valence-electron chi connectivity index (χ4n) is 2.36. The Morgan fingerprint density at radius 1 is 1.22 bits per heavy atom. The number of amides is 1. The van der Waals surface area contributed by atoms with Gasteiger partial charge in [-0.15, -0.1) is 0 Å². The third-order valence-corrected chi connectivity index (χ3v) is 3.60. The largest absolute Gasteiger partial charge is 0.485 e. The minimum atomic E-state index is -0.707. The summed E-state index contributed by atoms with van der Waals surface area (Å²) in [5, 5.41) is 4.00. The number of hydrogen-bond donors (Lipinski definition) is 1. The Kier molecular flexibility index (Phi) is 4.28. The van der Waals surface area contributed by atoms with E-state index < -0.39 is 6.10 Å². The molecule has 3 rings (SSSR count). The number of carbonyl (C=O) groups excluding carboxylic acids is 1. The summed E-state index contributed by atoms with van der Waals surface area (Å²) < 4.78 is 11.1. The molecule has 0 fully saturated rings. The molecule has 1 heterocycles. The number of rotatable bonds is 3. The number of hydrogen-bond acceptors (Lipinski definition) is 4. The van der Waals surface area contributed by atoms with E-state index in [0.29, 0.717) is 11.5 Å². The first-order valence-electron chi connectivity index (χ1n) is 7.42. The van der Waals surface area contributed by atoms with Crippen LogP contribution in [-0.4, -0.2) is 24.8 Å². The van der Waals surface area contributed by atoms with Gasteiger partial charge in [0.2, 0.25) is 6.10 Å². The molecule has 23 heavy (non-hydrogen) atoms. The molecule has 2 aromatic carbocycles. The van der Waals surface area contributed by atoms with Crippen LogP contribution in [0, 0.1) is 13.8 Å². The summed E-state index contributed by atoms with van der Waals surface area (Å²) in [6.45, 7) is 4.21. The van der Waals surface area contributed by atoms with Gasteiger partial charge in [0.05, 0.1) is 6.21 Å². The molecule has 1 amide bonds. The fraction of sp³-hybridized carbons (Fsp3) is 0.222. The summed E-state index contributed by atoms with van der Waals surface area (Å²) in [4.78, 5) is 12.1. The second-order valence-electron chi connectivity index (χ2n) is 5.46. The number of benzene rings is 2. The van der Waals surface area contributed by atoms with Crippen LogP contribution in [0.25, 0.3) is 0 Å². The van der Waals surface area contributed by atoms with Gasteiger partial charge in [-0.3, -0.25) is 4.79 Å². The lowest BCUT2D eigenvalue weighted by Crippen LogP contribution is -2.42. The number of para-hydroxylation sites is 2. The first kappa shape index (κ1) is 15.1. The van der Waals surface area contributed by atoms with Crippen LogP contribution in [0.5, 0.6) is 11.5 Å². The molecule has 0 aromatic heterocycles. The third kappa shape index (κ3) is 3.51. The lowest BCUT2D eigenvalue weighted by molar-refractivity contribution is -0.130. The molecule has 0 saturated carbocycles. The van der Waals surface area contributed by atoms with Gasteiger partial charge >= 0.3 is 0 Å². The fourth-order valence-corrected chi connectivity index (χ4v) is 2.36. The summed E-state index contributed by atoms with van der Waals surface area (Å²) in [7, 11) is 0. The number of nitrogens with one attached hydrogen (secondary N) is 1. The van der Waals surface area contributed by atoms with Gasteiger partial charge in [-0.25, -0.2) is 5.43 Å². The predicted molar refractivity (Wildman–Crippen MR) is 88.0 cm³/mol. The van der Waals surface area contributed by atoms with E-state index in [1.165, 1.54) is 5.56 Å². The summed E-state index contributed by atoms with van der Waals surface area (Å²) >= 11 is 0. The van der Waals surface area contributed by atoms with Crippen molar-refractivity contribution >= 4 is 12.1 Å². The van der Waals surface area contributed by atoms with Gasteiger partial charge in [-0.05, 0) is 37.1 Å². The number of aryl methyl sites for hydroxylation is 2. The van der Waals surface area contributed by atoms with E-state index in [1.807, 2.05) is 44.2 Å². The van der Waals surface area contributed by atoms with Crippen molar-refractivity contribution in [3.05, 3.63) is 59.2 Å². The standard InChI is InChI=1S/C18H18N2O3/c1-12-7-8-14(13(2)9-12)10-19-20-18(21)17-11-22-15-5-3-4-6-16(15)23-17/h3-10,17H,11H2,1-2H3,(H,20,21). The van der Waals surface area contributed by atoms with Gasteiger partial charge in [0.1, 0.15) is 6.61 Å². The highest BCUT2D eigenvalue weighted by Gasteiger charge is 2.26. The van der Waals surface area contributed by atoms with Crippen LogP contribution in [0.15, 0.2) is 47.6 Å². The predicted octanol–water partition coefficient (Wildman–Crippen LogP) is 2.59. The Labute approximate surface area is 134 Å². The van der Waals surface area contributed by atoms with Gasteiger partial charge in [-0.2, -0.15) is 5.10 Å². The van der Waals surface area contributed by atoms with Crippen molar-refractivity contribution in [2.45, 2.75) is 20.0 Å². The molecule has 0 saturated heterocycles. The second kappa shape index (κ2) is 6.52. The van der Waals surface area contributed by atoms with Crippen molar-refractivity contribution in [2.24, 2.45) is 5.10 Å². The number of carbonyl (C=O) groups is 1. The van der Waals surface area contributed by atoms with Gasteiger partial charge in [-0.1, -0.05) is 35.9 Å². The molecule has 5 heteroatoms. The van der Waals surface area contributed by atoms with E-state index in [-0.39, 0.29) is 12.5 Å². The van der Waals surface area contributed by atoms with Crippen LogP contribution in [0.1, 0.15) is 16.7 Å². The van der Waals surface area contributed by atoms with E-state index in [2.05, 4.69) is 16.6 Å². The molecule has 1 N–H and O–H groups in total. The maximum atomic E-state index is 12.1. The van der Waals surface area contributed by atoms with Gasteiger partial charge in [0.25, 0.3) is 5.91 Å². The molecule has 118 valence electrons. The number of ether oxygens (including phenoxy) is 2.